The fourth-order valence-corrected chi connectivity index (χ4v) is 8.95. The number of hydrogen-bond donors (Lipinski definition) is 0. The summed E-state index contributed by atoms with van der Waals surface area (Å²) >= 11 is 1.80. The summed E-state index contributed by atoms with van der Waals surface area (Å²) in [6, 6.07) is 54.2. The average Bonchev–Trinajstić information content (AvgIpc) is 3.80. The molecule has 0 fully saturated rings. The number of hydrogen-bond acceptors (Lipinski definition) is 6. The zero-order chi connectivity index (χ0) is 34.2. The zero-order valence-corrected chi connectivity index (χ0v) is 28.4. The van der Waals surface area contributed by atoms with Crippen LogP contribution in [0.2, 0.25) is 0 Å². The summed E-state index contributed by atoms with van der Waals surface area (Å²) in [6.45, 7) is 0. The Balaban J connectivity index is 1.20. The number of fused-ring (bicyclic) bond motifs is 10. The van der Waals surface area contributed by atoms with Crippen molar-refractivity contribution in [1.82, 2.24) is 19.9 Å². The summed E-state index contributed by atoms with van der Waals surface area (Å²) in [5.74, 6) is 1.86. The maximum absolute atomic E-state index is 6.26. The molecule has 0 N–H and O–H groups in total. The molecule has 5 nitrogen and oxygen atoms in total. The normalized spacial score (nSPS) is 11.8. The number of thiophene rings is 1. The fraction of sp³-hybridized carbons (Fsp3) is 0. The van der Waals surface area contributed by atoms with E-state index in [-0.39, 0.29) is 0 Å². The number of furan rings is 1. The molecule has 4 aromatic heterocycles. The van der Waals surface area contributed by atoms with Crippen LogP contribution in [0.1, 0.15) is 0 Å². The summed E-state index contributed by atoms with van der Waals surface area (Å²) in [7, 11) is 0. The highest BCUT2D eigenvalue weighted by atomic mass is 32.1. The maximum Gasteiger partial charge on any atom is 0.165 e. The Hall–Kier alpha value is -6.76. The topological polar surface area (TPSA) is 64.7 Å². The van der Waals surface area contributed by atoms with E-state index in [0.29, 0.717) is 17.5 Å². The van der Waals surface area contributed by atoms with Gasteiger partial charge in [0.05, 0.1) is 11.2 Å². The second-order valence-electron chi connectivity index (χ2n) is 12.9. The molecule has 6 heteroatoms. The predicted octanol–water partition coefficient (Wildman–Crippen LogP) is 12.5. The second-order valence-corrected chi connectivity index (χ2v) is 14.0. The molecule has 0 saturated heterocycles. The van der Waals surface area contributed by atoms with Gasteiger partial charge >= 0.3 is 0 Å². The monoisotopic (exact) mass is 682 g/mol. The summed E-state index contributed by atoms with van der Waals surface area (Å²) in [5, 5.41) is 7.91. The van der Waals surface area contributed by atoms with E-state index in [4.69, 9.17) is 24.4 Å². The summed E-state index contributed by atoms with van der Waals surface area (Å²) in [5.41, 5.74) is 7.52. The Morgan fingerprint density at radius 3 is 1.81 bits per heavy atom. The van der Waals surface area contributed by atoms with E-state index in [9.17, 15) is 0 Å². The van der Waals surface area contributed by atoms with E-state index in [1.165, 1.54) is 20.9 Å². The van der Waals surface area contributed by atoms with Crippen LogP contribution in [-0.4, -0.2) is 19.9 Å². The molecule has 11 rings (SSSR count). The number of rotatable bonds is 4. The van der Waals surface area contributed by atoms with Crippen LogP contribution < -0.4 is 0 Å². The van der Waals surface area contributed by atoms with Crippen LogP contribution in [0.25, 0.3) is 109 Å². The van der Waals surface area contributed by atoms with Gasteiger partial charge in [-0.2, -0.15) is 0 Å². The van der Waals surface area contributed by atoms with Crippen LogP contribution in [0.4, 0.5) is 0 Å². The average molecular weight is 683 g/mol. The Bertz CT molecular complexity index is 3190. The number of para-hydroxylation sites is 2. The van der Waals surface area contributed by atoms with E-state index >= 15 is 0 Å². The van der Waals surface area contributed by atoms with Gasteiger partial charge < -0.3 is 4.42 Å². The van der Waals surface area contributed by atoms with Gasteiger partial charge in [0.1, 0.15) is 11.2 Å². The quantitative estimate of drug-likeness (QED) is 0.173. The third-order valence-corrected chi connectivity index (χ3v) is 11.2. The zero-order valence-electron chi connectivity index (χ0n) is 27.6. The van der Waals surface area contributed by atoms with Gasteiger partial charge in [0.25, 0.3) is 0 Å². The molecule has 0 aliphatic rings. The lowest BCUT2D eigenvalue weighted by atomic mass is 9.98. The van der Waals surface area contributed by atoms with Crippen molar-refractivity contribution in [2.45, 2.75) is 0 Å². The molecule has 0 unspecified atom stereocenters. The van der Waals surface area contributed by atoms with Crippen molar-refractivity contribution >= 4 is 75.1 Å². The molecule has 0 bridgehead atoms. The molecular formula is C46H26N4OS. The summed E-state index contributed by atoms with van der Waals surface area (Å²) in [4.78, 5) is 20.7. The Kier molecular flexibility index (Phi) is 6.35. The predicted molar refractivity (Wildman–Crippen MR) is 215 cm³/mol. The largest absolute Gasteiger partial charge is 0.456 e. The van der Waals surface area contributed by atoms with Gasteiger partial charge in [-0.15, -0.1) is 11.3 Å². The van der Waals surface area contributed by atoms with E-state index in [0.717, 1.165) is 70.9 Å². The molecule has 0 saturated carbocycles. The van der Waals surface area contributed by atoms with Crippen molar-refractivity contribution in [3.63, 3.8) is 0 Å². The van der Waals surface area contributed by atoms with E-state index in [1.54, 1.807) is 11.3 Å². The van der Waals surface area contributed by atoms with Crippen LogP contribution in [0.15, 0.2) is 162 Å². The lowest BCUT2D eigenvalue weighted by molar-refractivity contribution is 0.669. The third-order valence-electron chi connectivity index (χ3n) is 9.93. The van der Waals surface area contributed by atoms with Crippen molar-refractivity contribution in [2.24, 2.45) is 0 Å². The van der Waals surface area contributed by atoms with Gasteiger partial charge in [0, 0.05) is 69.4 Å². The number of benzene rings is 7. The van der Waals surface area contributed by atoms with Gasteiger partial charge in [-0.3, -0.25) is 0 Å². The molecule has 0 radical (unpaired) electrons. The van der Waals surface area contributed by atoms with Crippen LogP contribution in [0, 0.1) is 0 Å². The van der Waals surface area contributed by atoms with Gasteiger partial charge in [-0.05, 0) is 24.3 Å². The van der Waals surface area contributed by atoms with Gasteiger partial charge in [0.2, 0.25) is 0 Å². The highest BCUT2D eigenvalue weighted by Gasteiger charge is 2.21. The Labute approximate surface area is 301 Å². The van der Waals surface area contributed by atoms with Gasteiger partial charge in [0.15, 0.2) is 17.5 Å². The van der Waals surface area contributed by atoms with Gasteiger partial charge in [-0.1, -0.05) is 133 Å². The van der Waals surface area contributed by atoms with Crippen molar-refractivity contribution in [3.8, 4) is 45.4 Å². The number of nitrogens with zero attached hydrogens (tertiary/aromatic N) is 4. The van der Waals surface area contributed by atoms with Crippen molar-refractivity contribution in [3.05, 3.63) is 158 Å². The summed E-state index contributed by atoms with van der Waals surface area (Å²) in [6.07, 6.45) is 0. The van der Waals surface area contributed by atoms with Gasteiger partial charge in [-0.25, -0.2) is 19.9 Å². The minimum absolute atomic E-state index is 0.606. The molecule has 0 amide bonds. The van der Waals surface area contributed by atoms with Crippen LogP contribution >= 0.6 is 11.3 Å². The highest BCUT2D eigenvalue weighted by molar-refractivity contribution is 7.27. The number of pyridine rings is 1. The molecule has 7 aromatic carbocycles. The van der Waals surface area contributed by atoms with E-state index in [1.807, 2.05) is 66.7 Å². The van der Waals surface area contributed by atoms with E-state index < -0.39 is 0 Å². The number of aromatic nitrogens is 4. The van der Waals surface area contributed by atoms with E-state index in [2.05, 4.69) is 91.0 Å². The molecule has 0 aliphatic carbocycles. The second kappa shape index (κ2) is 11.4. The van der Waals surface area contributed by atoms with Crippen LogP contribution in [0.3, 0.4) is 0 Å². The van der Waals surface area contributed by atoms with Crippen LogP contribution in [-0.2, 0) is 0 Å². The third kappa shape index (κ3) is 4.41. The molecular weight excluding hydrogens is 657 g/mol. The first-order valence-corrected chi connectivity index (χ1v) is 18.0. The minimum Gasteiger partial charge on any atom is -0.456 e. The highest BCUT2D eigenvalue weighted by Crippen LogP contribution is 2.46. The minimum atomic E-state index is 0.606. The first-order chi connectivity index (χ1) is 25.8. The van der Waals surface area contributed by atoms with Crippen molar-refractivity contribution in [1.29, 1.82) is 0 Å². The SMILES string of the molecule is c1ccc(-c2nc(-c3cccc4c3sc3c4ccc4c(-c5ccccc5)nc5ccccc5c43)nc(-c3cccc4oc5ccccc5c34)n2)cc1. The van der Waals surface area contributed by atoms with Crippen LogP contribution in [0.5, 0.6) is 0 Å². The standard InChI is InChI=1S/C46H26N4OS/c1-3-13-27(14-4-1)41-33-26-25-30-29-19-11-21-35(42(29)52-43(30)40(33)31-17-7-9-22-36(31)47-41)46-49-44(28-15-5-2-6-16-28)48-45(50-46)34-20-12-24-38-39(34)32-18-8-10-23-37(32)51-38/h1-26H. The first kappa shape index (κ1) is 29.0. The molecule has 0 spiro atoms. The Morgan fingerprint density at radius 1 is 0.365 bits per heavy atom. The lowest BCUT2D eigenvalue weighted by Gasteiger charge is -2.11. The smallest absolute Gasteiger partial charge is 0.165 e. The molecule has 52 heavy (non-hydrogen) atoms. The molecule has 0 aliphatic heterocycles. The molecule has 4 heterocycles. The molecule has 11 aromatic rings. The first-order valence-electron chi connectivity index (χ1n) is 17.2. The molecule has 242 valence electrons. The lowest BCUT2D eigenvalue weighted by Crippen LogP contribution is -2.00. The molecule has 0 atom stereocenters. The maximum atomic E-state index is 6.26. The van der Waals surface area contributed by atoms with Crippen molar-refractivity contribution in [2.75, 3.05) is 0 Å². The van der Waals surface area contributed by atoms with Crippen molar-refractivity contribution < 1.29 is 4.42 Å². The fourth-order valence-electron chi connectivity index (χ4n) is 7.58. The Morgan fingerprint density at radius 2 is 0.962 bits per heavy atom. The summed E-state index contributed by atoms with van der Waals surface area (Å²) < 4.78 is 8.62.